The molecule has 21 heavy (non-hydrogen) atoms. The largest absolute Gasteiger partial charge is 0.480 e. The van der Waals surface area contributed by atoms with Crippen LogP contribution >= 0.6 is 0 Å². The van der Waals surface area contributed by atoms with Crippen LogP contribution in [0.2, 0.25) is 0 Å². The minimum absolute atomic E-state index is 0.0460. The number of nitro groups is 1. The molecule has 1 aromatic rings. The van der Waals surface area contributed by atoms with Crippen LogP contribution in [0.5, 0.6) is 0 Å². The average Bonchev–Trinajstić information content (AvgIpc) is 2.37. The molecule has 0 aliphatic carbocycles. The van der Waals surface area contributed by atoms with Gasteiger partial charge in [-0.3, -0.25) is 10.1 Å². The maximum atomic E-state index is 11.7. The normalized spacial score (nSPS) is 11.5. The Bertz CT molecular complexity index is 559. The van der Waals surface area contributed by atoms with Gasteiger partial charge in [0.1, 0.15) is 6.04 Å². The Morgan fingerprint density at radius 1 is 1.43 bits per heavy atom. The number of aryl methyl sites for hydroxylation is 1. The van der Waals surface area contributed by atoms with Crippen molar-refractivity contribution in [3.05, 3.63) is 33.9 Å². The molecule has 0 saturated heterocycles. The highest BCUT2D eigenvalue weighted by Crippen LogP contribution is 2.21. The van der Waals surface area contributed by atoms with E-state index in [2.05, 4.69) is 10.6 Å². The van der Waals surface area contributed by atoms with Gasteiger partial charge in [0.15, 0.2) is 0 Å². The van der Waals surface area contributed by atoms with Gasteiger partial charge < -0.3 is 15.7 Å². The number of carboxylic acids is 1. The first-order valence-electron chi connectivity index (χ1n) is 6.40. The van der Waals surface area contributed by atoms with E-state index in [4.69, 9.17) is 5.11 Å². The number of hydrogen-bond acceptors (Lipinski definition) is 4. The molecule has 1 aromatic carbocycles. The second-order valence-corrected chi connectivity index (χ2v) is 4.54. The van der Waals surface area contributed by atoms with Crippen LogP contribution in [-0.2, 0) is 4.79 Å². The first-order chi connectivity index (χ1) is 9.85. The van der Waals surface area contributed by atoms with Crippen LogP contribution in [0.1, 0.15) is 25.3 Å². The average molecular weight is 295 g/mol. The summed E-state index contributed by atoms with van der Waals surface area (Å²) in [7, 11) is 0. The predicted molar refractivity (Wildman–Crippen MR) is 76.3 cm³/mol. The molecule has 8 nitrogen and oxygen atoms in total. The Morgan fingerprint density at radius 3 is 2.57 bits per heavy atom. The summed E-state index contributed by atoms with van der Waals surface area (Å²) in [5.74, 6) is -1.10. The van der Waals surface area contributed by atoms with E-state index in [9.17, 15) is 19.7 Å². The van der Waals surface area contributed by atoms with Crippen LogP contribution in [0, 0.1) is 17.0 Å². The number of hydrogen-bond donors (Lipinski definition) is 3. The smallest absolute Gasteiger partial charge is 0.326 e. The number of aliphatic carboxylic acids is 1. The molecule has 0 fully saturated rings. The van der Waals surface area contributed by atoms with E-state index in [-0.39, 0.29) is 5.69 Å². The SMILES string of the molecule is CCCC(NC(=O)Nc1ccc([N+](=O)[O-])c(C)c1)C(=O)O. The van der Waals surface area contributed by atoms with Gasteiger partial charge in [-0.05, 0) is 25.5 Å². The van der Waals surface area contributed by atoms with Crippen molar-refractivity contribution >= 4 is 23.4 Å². The fourth-order valence-corrected chi connectivity index (χ4v) is 1.81. The highest BCUT2D eigenvalue weighted by Gasteiger charge is 2.19. The topological polar surface area (TPSA) is 122 Å². The maximum Gasteiger partial charge on any atom is 0.326 e. The quantitative estimate of drug-likeness (QED) is 0.549. The Labute approximate surface area is 121 Å². The van der Waals surface area contributed by atoms with Crippen LogP contribution < -0.4 is 10.6 Å². The molecule has 2 amide bonds. The number of urea groups is 1. The van der Waals surface area contributed by atoms with Gasteiger partial charge in [-0.2, -0.15) is 0 Å². The van der Waals surface area contributed by atoms with E-state index in [0.29, 0.717) is 24.1 Å². The molecule has 8 heteroatoms. The zero-order chi connectivity index (χ0) is 16.0. The van der Waals surface area contributed by atoms with Crippen molar-refractivity contribution in [1.29, 1.82) is 0 Å². The third kappa shape index (κ3) is 4.75. The van der Waals surface area contributed by atoms with Crippen molar-refractivity contribution in [2.24, 2.45) is 0 Å². The number of benzene rings is 1. The molecule has 0 aliphatic rings. The number of nitrogens with zero attached hydrogens (tertiary/aromatic N) is 1. The zero-order valence-electron chi connectivity index (χ0n) is 11.8. The van der Waals surface area contributed by atoms with Gasteiger partial charge in [0.05, 0.1) is 4.92 Å². The molecule has 1 unspecified atom stereocenters. The summed E-state index contributed by atoms with van der Waals surface area (Å²) in [6.45, 7) is 3.37. The van der Waals surface area contributed by atoms with Crippen LogP contribution in [0.3, 0.4) is 0 Å². The second-order valence-electron chi connectivity index (χ2n) is 4.54. The monoisotopic (exact) mass is 295 g/mol. The maximum absolute atomic E-state index is 11.7. The number of nitrogens with one attached hydrogen (secondary N) is 2. The summed E-state index contributed by atoms with van der Waals surface area (Å²) in [6, 6.07) is 2.50. The molecule has 0 radical (unpaired) electrons. The molecule has 0 heterocycles. The number of amides is 2. The van der Waals surface area contributed by atoms with Gasteiger partial charge in [0.25, 0.3) is 5.69 Å². The molecule has 0 aliphatic heterocycles. The van der Waals surface area contributed by atoms with Gasteiger partial charge >= 0.3 is 12.0 Å². The Kier molecular flexibility index (Phi) is 5.65. The lowest BCUT2D eigenvalue weighted by Crippen LogP contribution is -2.42. The van der Waals surface area contributed by atoms with Crippen molar-refractivity contribution in [3.8, 4) is 0 Å². The van der Waals surface area contributed by atoms with E-state index in [1.807, 2.05) is 6.92 Å². The third-order valence-corrected chi connectivity index (χ3v) is 2.83. The summed E-state index contributed by atoms with van der Waals surface area (Å²) in [5, 5.41) is 24.4. The molecule has 114 valence electrons. The molecular formula is C13H17N3O5. The minimum Gasteiger partial charge on any atom is -0.480 e. The van der Waals surface area contributed by atoms with Crippen molar-refractivity contribution in [2.45, 2.75) is 32.7 Å². The first kappa shape index (κ1) is 16.4. The number of anilines is 1. The molecule has 0 aromatic heterocycles. The summed E-state index contributed by atoms with van der Waals surface area (Å²) in [6.07, 6.45) is 0.940. The molecular weight excluding hydrogens is 278 g/mol. The Morgan fingerprint density at radius 2 is 2.10 bits per heavy atom. The molecule has 0 spiro atoms. The van der Waals surface area contributed by atoms with Gasteiger partial charge in [0.2, 0.25) is 0 Å². The summed E-state index contributed by atoms with van der Waals surface area (Å²) >= 11 is 0. The number of nitro benzene ring substituents is 1. The molecule has 1 rings (SSSR count). The van der Waals surface area contributed by atoms with Gasteiger partial charge in [-0.1, -0.05) is 13.3 Å². The molecule has 0 bridgehead atoms. The number of carbonyl (C=O) groups is 2. The van der Waals surface area contributed by atoms with E-state index < -0.39 is 23.0 Å². The highest BCUT2D eigenvalue weighted by molar-refractivity contribution is 5.92. The number of carboxylic acid groups (broad SMARTS) is 1. The molecule has 3 N–H and O–H groups in total. The lowest BCUT2D eigenvalue weighted by Gasteiger charge is -2.14. The van der Waals surface area contributed by atoms with Crippen LogP contribution in [0.15, 0.2) is 18.2 Å². The third-order valence-electron chi connectivity index (χ3n) is 2.83. The van der Waals surface area contributed by atoms with Crippen LogP contribution in [0.4, 0.5) is 16.2 Å². The van der Waals surface area contributed by atoms with Crippen LogP contribution in [0.25, 0.3) is 0 Å². The Balaban J connectivity index is 2.72. The first-order valence-corrected chi connectivity index (χ1v) is 6.40. The van der Waals surface area contributed by atoms with Crippen molar-refractivity contribution in [1.82, 2.24) is 5.32 Å². The summed E-state index contributed by atoms with van der Waals surface area (Å²) < 4.78 is 0. The lowest BCUT2D eigenvalue weighted by molar-refractivity contribution is -0.385. The predicted octanol–water partition coefficient (Wildman–Crippen LogP) is 2.28. The number of rotatable bonds is 6. The Hall–Kier alpha value is -2.64. The van der Waals surface area contributed by atoms with Crippen molar-refractivity contribution in [3.63, 3.8) is 0 Å². The van der Waals surface area contributed by atoms with Gasteiger partial charge in [0, 0.05) is 17.3 Å². The summed E-state index contributed by atoms with van der Waals surface area (Å²) in [4.78, 5) is 32.8. The standard InChI is InChI=1S/C13H17N3O5/c1-3-4-10(12(17)18)15-13(19)14-9-5-6-11(16(20)21)8(2)7-9/h5-7,10H,3-4H2,1-2H3,(H,17,18)(H2,14,15,19). The van der Waals surface area contributed by atoms with E-state index in [0.717, 1.165) is 0 Å². The molecule has 1 atom stereocenters. The van der Waals surface area contributed by atoms with Crippen molar-refractivity contribution in [2.75, 3.05) is 5.32 Å². The van der Waals surface area contributed by atoms with Crippen LogP contribution in [-0.4, -0.2) is 28.1 Å². The zero-order valence-corrected chi connectivity index (χ0v) is 11.8. The van der Waals surface area contributed by atoms with Gasteiger partial charge in [-0.25, -0.2) is 9.59 Å². The van der Waals surface area contributed by atoms with E-state index in [1.165, 1.54) is 18.2 Å². The summed E-state index contributed by atoms with van der Waals surface area (Å²) in [5.41, 5.74) is 0.715. The minimum atomic E-state index is -1.10. The second kappa shape index (κ2) is 7.22. The van der Waals surface area contributed by atoms with E-state index in [1.54, 1.807) is 6.92 Å². The van der Waals surface area contributed by atoms with E-state index >= 15 is 0 Å². The van der Waals surface area contributed by atoms with Crippen molar-refractivity contribution < 1.29 is 19.6 Å². The lowest BCUT2D eigenvalue weighted by atomic mass is 10.1. The fraction of sp³-hybridized carbons (Fsp3) is 0.385. The fourth-order valence-electron chi connectivity index (χ4n) is 1.81. The van der Waals surface area contributed by atoms with Gasteiger partial charge in [-0.15, -0.1) is 0 Å². The highest BCUT2D eigenvalue weighted by atomic mass is 16.6. The number of carbonyl (C=O) groups excluding carboxylic acids is 1. The molecule has 0 saturated carbocycles.